The lowest BCUT2D eigenvalue weighted by molar-refractivity contribution is 1.13. The SMILES string of the molecule is c1cc(Sc2nccs2)c2cncn2c1. The number of fused-ring (bicyclic) bond motifs is 1. The van der Waals surface area contributed by atoms with Crippen molar-refractivity contribution in [1.82, 2.24) is 14.4 Å². The van der Waals surface area contributed by atoms with Crippen molar-refractivity contribution in [3.05, 3.63) is 42.4 Å². The van der Waals surface area contributed by atoms with Crippen LogP contribution in [0.2, 0.25) is 0 Å². The molecule has 0 saturated heterocycles. The van der Waals surface area contributed by atoms with Gasteiger partial charge in [0.05, 0.1) is 18.0 Å². The Labute approximate surface area is 94.8 Å². The third-order valence-corrected chi connectivity index (χ3v) is 3.97. The van der Waals surface area contributed by atoms with Crippen molar-refractivity contribution in [2.24, 2.45) is 0 Å². The maximum Gasteiger partial charge on any atom is 0.154 e. The molecule has 0 N–H and O–H groups in total. The summed E-state index contributed by atoms with van der Waals surface area (Å²) in [5.74, 6) is 0. The van der Waals surface area contributed by atoms with Crippen LogP contribution in [0.4, 0.5) is 0 Å². The lowest BCUT2D eigenvalue weighted by Crippen LogP contribution is -1.82. The van der Waals surface area contributed by atoms with E-state index < -0.39 is 0 Å². The van der Waals surface area contributed by atoms with Crippen LogP contribution in [0.1, 0.15) is 0 Å². The quantitative estimate of drug-likeness (QED) is 0.681. The highest BCUT2D eigenvalue weighted by atomic mass is 32.2. The summed E-state index contributed by atoms with van der Waals surface area (Å²) in [5.41, 5.74) is 1.12. The molecule has 0 aliphatic rings. The van der Waals surface area contributed by atoms with E-state index in [9.17, 15) is 0 Å². The van der Waals surface area contributed by atoms with Gasteiger partial charge in [0.25, 0.3) is 0 Å². The first-order valence-electron chi connectivity index (χ1n) is 4.41. The summed E-state index contributed by atoms with van der Waals surface area (Å²) in [4.78, 5) is 9.56. The van der Waals surface area contributed by atoms with E-state index in [0.717, 1.165) is 9.86 Å². The Morgan fingerprint density at radius 1 is 1.40 bits per heavy atom. The fourth-order valence-corrected chi connectivity index (χ4v) is 3.06. The molecule has 0 aromatic carbocycles. The molecule has 0 fully saturated rings. The molecule has 0 spiro atoms. The zero-order valence-corrected chi connectivity index (χ0v) is 9.33. The van der Waals surface area contributed by atoms with E-state index in [2.05, 4.69) is 16.0 Å². The van der Waals surface area contributed by atoms with Gasteiger partial charge in [0.1, 0.15) is 0 Å². The summed E-state index contributed by atoms with van der Waals surface area (Å²) in [6, 6.07) is 4.10. The molecule has 15 heavy (non-hydrogen) atoms. The zero-order valence-electron chi connectivity index (χ0n) is 7.70. The molecular weight excluding hydrogens is 226 g/mol. The Kier molecular flexibility index (Phi) is 2.19. The lowest BCUT2D eigenvalue weighted by atomic mass is 10.4. The van der Waals surface area contributed by atoms with Crippen LogP contribution in [-0.2, 0) is 0 Å². The highest BCUT2D eigenvalue weighted by Gasteiger charge is 2.04. The van der Waals surface area contributed by atoms with Gasteiger partial charge in [-0.25, -0.2) is 9.97 Å². The van der Waals surface area contributed by atoms with Gasteiger partial charge < -0.3 is 4.40 Å². The van der Waals surface area contributed by atoms with Gasteiger partial charge in [-0.2, -0.15) is 0 Å². The van der Waals surface area contributed by atoms with Gasteiger partial charge >= 0.3 is 0 Å². The Hall–Kier alpha value is -1.33. The van der Waals surface area contributed by atoms with E-state index in [1.807, 2.05) is 34.4 Å². The van der Waals surface area contributed by atoms with Crippen LogP contribution in [0, 0.1) is 0 Å². The number of rotatable bonds is 2. The number of pyridine rings is 1. The maximum atomic E-state index is 4.25. The van der Waals surface area contributed by atoms with Gasteiger partial charge in [-0.3, -0.25) is 0 Å². The van der Waals surface area contributed by atoms with Crippen LogP contribution >= 0.6 is 23.1 Å². The Morgan fingerprint density at radius 3 is 3.27 bits per heavy atom. The van der Waals surface area contributed by atoms with Gasteiger partial charge in [0, 0.05) is 22.7 Å². The predicted molar refractivity (Wildman–Crippen MR) is 61.4 cm³/mol. The third kappa shape index (κ3) is 1.64. The van der Waals surface area contributed by atoms with Crippen molar-refractivity contribution >= 4 is 28.6 Å². The average molecular weight is 233 g/mol. The van der Waals surface area contributed by atoms with Crippen molar-refractivity contribution in [1.29, 1.82) is 0 Å². The molecule has 3 heterocycles. The van der Waals surface area contributed by atoms with Crippen LogP contribution in [0.25, 0.3) is 5.52 Å². The summed E-state index contributed by atoms with van der Waals surface area (Å²) >= 11 is 3.33. The van der Waals surface area contributed by atoms with E-state index in [-0.39, 0.29) is 0 Å². The van der Waals surface area contributed by atoms with Crippen molar-refractivity contribution < 1.29 is 0 Å². The molecule has 0 bridgehead atoms. The van der Waals surface area contributed by atoms with Crippen LogP contribution < -0.4 is 0 Å². The molecule has 74 valence electrons. The number of hydrogen-bond donors (Lipinski definition) is 0. The molecule has 0 radical (unpaired) electrons. The van der Waals surface area contributed by atoms with E-state index in [1.54, 1.807) is 29.4 Å². The summed E-state index contributed by atoms with van der Waals surface area (Å²) in [6.07, 6.45) is 7.49. The predicted octanol–water partition coefficient (Wildman–Crippen LogP) is 2.94. The van der Waals surface area contributed by atoms with E-state index in [4.69, 9.17) is 0 Å². The summed E-state index contributed by atoms with van der Waals surface area (Å²) < 4.78 is 3.07. The first-order chi connectivity index (χ1) is 7.43. The second-order valence-corrected chi connectivity index (χ2v) is 5.14. The van der Waals surface area contributed by atoms with Gasteiger partial charge in [-0.1, -0.05) is 11.8 Å². The molecule has 3 rings (SSSR count). The van der Waals surface area contributed by atoms with Crippen molar-refractivity contribution in [3.63, 3.8) is 0 Å². The molecular formula is C10H7N3S2. The minimum atomic E-state index is 1.06. The number of imidazole rings is 1. The van der Waals surface area contributed by atoms with Crippen LogP contribution in [0.5, 0.6) is 0 Å². The Morgan fingerprint density at radius 2 is 2.40 bits per heavy atom. The second-order valence-electron chi connectivity index (χ2n) is 2.96. The van der Waals surface area contributed by atoms with E-state index in [0.29, 0.717) is 0 Å². The number of aromatic nitrogens is 3. The zero-order chi connectivity index (χ0) is 10.1. The molecule has 0 saturated carbocycles. The molecule has 0 atom stereocenters. The van der Waals surface area contributed by atoms with Gasteiger partial charge in [0.2, 0.25) is 0 Å². The monoisotopic (exact) mass is 233 g/mol. The highest BCUT2D eigenvalue weighted by molar-refractivity contribution is 8.01. The molecule has 3 aromatic rings. The number of hydrogen-bond acceptors (Lipinski definition) is 4. The molecule has 3 nitrogen and oxygen atoms in total. The van der Waals surface area contributed by atoms with Crippen LogP contribution in [-0.4, -0.2) is 14.4 Å². The molecule has 0 aliphatic carbocycles. The Balaban J connectivity index is 2.07. The Bertz CT molecular complexity index is 571. The van der Waals surface area contributed by atoms with E-state index >= 15 is 0 Å². The van der Waals surface area contributed by atoms with Gasteiger partial charge in [0.15, 0.2) is 4.34 Å². The minimum absolute atomic E-state index is 1.06. The fraction of sp³-hybridized carbons (Fsp3) is 0. The van der Waals surface area contributed by atoms with Crippen molar-refractivity contribution in [3.8, 4) is 0 Å². The lowest BCUT2D eigenvalue weighted by Gasteiger charge is -2.00. The summed E-state index contributed by atoms with van der Waals surface area (Å²) in [5, 5.41) is 1.98. The summed E-state index contributed by atoms with van der Waals surface area (Å²) in [7, 11) is 0. The number of nitrogens with zero attached hydrogens (tertiary/aromatic N) is 3. The molecule has 0 aliphatic heterocycles. The molecule has 0 unspecified atom stereocenters. The van der Waals surface area contributed by atoms with Gasteiger partial charge in [-0.05, 0) is 12.1 Å². The smallest absolute Gasteiger partial charge is 0.154 e. The molecule has 0 amide bonds. The highest BCUT2D eigenvalue weighted by Crippen LogP contribution is 2.31. The largest absolute Gasteiger partial charge is 0.305 e. The van der Waals surface area contributed by atoms with Gasteiger partial charge in [-0.15, -0.1) is 11.3 Å². The number of thiazole rings is 1. The molecule has 3 aromatic heterocycles. The second kappa shape index (κ2) is 3.67. The molecule has 5 heteroatoms. The normalized spacial score (nSPS) is 10.9. The maximum absolute atomic E-state index is 4.25. The standard InChI is InChI=1S/C10H7N3S2/c1-2-9(15-10-12-3-5-14-10)8-6-11-7-13(8)4-1/h1-7H. The first-order valence-corrected chi connectivity index (χ1v) is 6.11. The average Bonchev–Trinajstić information content (AvgIpc) is 2.87. The third-order valence-electron chi connectivity index (χ3n) is 2.02. The fourth-order valence-electron chi connectivity index (χ4n) is 1.36. The minimum Gasteiger partial charge on any atom is -0.305 e. The first kappa shape index (κ1) is 8.94. The van der Waals surface area contributed by atoms with Crippen LogP contribution in [0.15, 0.2) is 51.7 Å². The van der Waals surface area contributed by atoms with E-state index in [1.165, 1.54) is 4.90 Å². The van der Waals surface area contributed by atoms with Crippen molar-refractivity contribution in [2.45, 2.75) is 9.24 Å². The van der Waals surface area contributed by atoms with Crippen molar-refractivity contribution in [2.75, 3.05) is 0 Å². The van der Waals surface area contributed by atoms with Crippen LogP contribution in [0.3, 0.4) is 0 Å². The topological polar surface area (TPSA) is 30.2 Å². The summed E-state index contributed by atoms with van der Waals surface area (Å²) in [6.45, 7) is 0.